The lowest BCUT2D eigenvalue weighted by Crippen LogP contribution is -2.24. The van der Waals surface area contributed by atoms with E-state index in [2.05, 4.69) is 62.7 Å². The van der Waals surface area contributed by atoms with Gasteiger partial charge in [0.2, 0.25) is 0 Å². The molecule has 0 saturated carbocycles. The first-order valence-electron chi connectivity index (χ1n) is 11.7. The molecule has 1 heterocycles. The van der Waals surface area contributed by atoms with E-state index in [1.807, 2.05) is 31.2 Å². The smallest absolute Gasteiger partial charge is 0.406 e. The van der Waals surface area contributed by atoms with Gasteiger partial charge in [0.15, 0.2) is 10.9 Å². The minimum atomic E-state index is -4.74. The lowest BCUT2D eigenvalue weighted by atomic mass is 9.99. The highest BCUT2D eigenvalue weighted by atomic mass is 32.1. The second-order valence-corrected chi connectivity index (χ2v) is 9.15. The fraction of sp³-hybridized carbons (Fsp3) is 0.185. The van der Waals surface area contributed by atoms with Crippen molar-refractivity contribution in [1.82, 2.24) is 20.2 Å². The zero-order valence-electron chi connectivity index (χ0n) is 20.8. The van der Waals surface area contributed by atoms with E-state index in [0.29, 0.717) is 22.5 Å². The first-order chi connectivity index (χ1) is 18.1. The van der Waals surface area contributed by atoms with Crippen molar-refractivity contribution < 1.29 is 17.9 Å². The molecule has 1 aromatic heterocycles. The summed E-state index contributed by atoms with van der Waals surface area (Å²) in [5.41, 5.74) is 8.25. The molecule has 0 aliphatic carbocycles. The van der Waals surface area contributed by atoms with Crippen LogP contribution in [0.2, 0.25) is 0 Å². The van der Waals surface area contributed by atoms with Crippen LogP contribution < -0.4 is 15.5 Å². The molecule has 0 spiro atoms. The quantitative estimate of drug-likeness (QED) is 0.157. The first kappa shape index (κ1) is 26.8. The number of rotatable bonds is 7. The Kier molecular flexibility index (Phi) is 8.06. The topological polar surface area (TPSA) is 76.4 Å². The van der Waals surface area contributed by atoms with Crippen LogP contribution in [0, 0.1) is 6.92 Å². The number of aromatic nitrogens is 3. The van der Waals surface area contributed by atoms with Gasteiger partial charge in [-0.15, -0.1) is 18.3 Å². The molecule has 3 aromatic carbocycles. The van der Waals surface area contributed by atoms with Crippen LogP contribution in [-0.4, -0.2) is 32.5 Å². The van der Waals surface area contributed by atoms with E-state index in [4.69, 9.17) is 12.2 Å². The van der Waals surface area contributed by atoms with Gasteiger partial charge in [-0.2, -0.15) is 5.10 Å². The van der Waals surface area contributed by atoms with E-state index in [1.165, 1.54) is 40.8 Å². The fourth-order valence-electron chi connectivity index (χ4n) is 3.64. The van der Waals surface area contributed by atoms with Gasteiger partial charge >= 0.3 is 6.36 Å². The predicted octanol–water partition coefficient (Wildman–Crippen LogP) is 6.59. The summed E-state index contributed by atoms with van der Waals surface area (Å²) in [5, 5.41) is 12.2. The highest BCUT2D eigenvalue weighted by Crippen LogP contribution is 2.26. The zero-order valence-corrected chi connectivity index (χ0v) is 21.6. The average molecular weight is 539 g/mol. The van der Waals surface area contributed by atoms with Crippen molar-refractivity contribution in [3.8, 4) is 22.8 Å². The summed E-state index contributed by atoms with van der Waals surface area (Å²) >= 11 is 5.39. The van der Waals surface area contributed by atoms with Crippen LogP contribution in [0.15, 0.2) is 78.2 Å². The van der Waals surface area contributed by atoms with E-state index in [-0.39, 0.29) is 5.75 Å². The summed E-state index contributed by atoms with van der Waals surface area (Å²) < 4.78 is 42.4. The number of nitrogens with one attached hydrogen (secondary N) is 2. The van der Waals surface area contributed by atoms with Gasteiger partial charge in [-0.1, -0.05) is 50.2 Å². The highest BCUT2D eigenvalue weighted by molar-refractivity contribution is 7.80. The summed E-state index contributed by atoms with van der Waals surface area (Å²) in [6, 6.07) is 19.0. The number of alkyl halides is 3. The highest BCUT2D eigenvalue weighted by Gasteiger charge is 2.31. The Morgan fingerprint density at radius 1 is 1.05 bits per heavy atom. The number of nitrogens with zero attached hydrogens (tertiary/aromatic N) is 4. The molecule has 196 valence electrons. The molecule has 4 rings (SSSR count). The number of ether oxygens (including phenoxy) is 1. The monoisotopic (exact) mass is 538 g/mol. The molecular formula is C27H25F3N6OS. The van der Waals surface area contributed by atoms with Crippen LogP contribution in [0.5, 0.6) is 5.75 Å². The van der Waals surface area contributed by atoms with E-state index in [9.17, 15) is 13.2 Å². The molecule has 7 nitrogen and oxygen atoms in total. The van der Waals surface area contributed by atoms with Crippen molar-refractivity contribution >= 4 is 29.2 Å². The Labute approximate surface area is 223 Å². The van der Waals surface area contributed by atoms with E-state index < -0.39 is 6.36 Å². The van der Waals surface area contributed by atoms with Gasteiger partial charge in [-0.05, 0) is 72.1 Å². The third-order valence-electron chi connectivity index (χ3n) is 5.45. The predicted molar refractivity (Wildman–Crippen MR) is 146 cm³/mol. The average Bonchev–Trinajstić information content (AvgIpc) is 3.34. The number of hydrazone groups is 1. The Hall–Kier alpha value is -4.25. The minimum Gasteiger partial charge on any atom is -0.406 e. The van der Waals surface area contributed by atoms with Crippen LogP contribution in [0.4, 0.5) is 18.9 Å². The molecule has 2 N–H and O–H groups in total. The maximum atomic E-state index is 12.3. The maximum absolute atomic E-state index is 12.3. The van der Waals surface area contributed by atoms with Gasteiger partial charge in [0.1, 0.15) is 12.1 Å². The molecule has 0 fully saturated rings. The summed E-state index contributed by atoms with van der Waals surface area (Å²) in [5.74, 6) is 0.509. The SMILES string of the molecule is Cc1ccc(C(C)C)c(NC(=S)N/N=C/c2ccc(-c3ncn(-c4ccc(OC(F)(F)F)cc4)n3)cc2)c1. The van der Waals surface area contributed by atoms with Crippen molar-refractivity contribution in [1.29, 1.82) is 0 Å². The number of hydrogen-bond donors (Lipinski definition) is 2. The fourth-order valence-corrected chi connectivity index (χ4v) is 3.80. The molecule has 38 heavy (non-hydrogen) atoms. The van der Waals surface area contributed by atoms with Crippen LogP contribution in [0.25, 0.3) is 17.1 Å². The summed E-state index contributed by atoms with van der Waals surface area (Å²) in [7, 11) is 0. The largest absolute Gasteiger partial charge is 0.573 e. The Bertz CT molecular complexity index is 1430. The normalized spacial score (nSPS) is 11.7. The Morgan fingerprint density at radius 2 is 1.76 bits per heavy atom. The van der Waals surface area contributed by atoms with Crippen molar-refractivity contribution in [2.75, 3.05) is 5.32 Å². The number of hydrogen-bond acceptors (Lipinski definition) is 5. The molecule has 11 heteroatoms. The van der Waals surface area contributed by atoms with Crippen molar-refractivity contribution in [3.63, 3.8) is 0 Å². The van der Waals surface area contributed by atoms with E-state index >= 15 is 0 Å². The molecular weight excluding hydrogens is 513 g/mol. The molecule has 0 atom stereocenters. The standard InChI is InChI=1S/C27H25F3N6OS/c1-17(2)23-13-4-18(3)14-24(23)33-26(38)34-32-15-19-5-7-20(8-6-19)25-31-16-36(35-25)21-9-11-22(12-10-21)37-27(28,29)30/h4-17H,1-3H3,(H2,33,34,38)/b32-15+. The molecule has 0 bridgehead atoms. The molecule has 0 amide bonds. The molecule has 4 aromatic rings. The second kappa shape index (κ2) is 11.4. The van der Waals surface area contributed by atoms with Crippen molar-refractivity contribution in [3.05, 3.63) is 89.7 Å². The van der Waals surface area contributed by atoms with Gasteiger partial charge in [0.05, 0.1) is 11.9 Å². The number of halogens is 3. The van der Waals surface area contributed by atoms with Gasteiger partial charge in [0.25, 0.3) is 0 Å². The molecule has 0 radical (unpaired) electrons. The maximum Gasteiger partial charge on any atom is 0.573 e. The van der Waals surface area contributed by atoms with Crippen molar-refractivity contribution in [2.45, 2.75) is 33.1 Å². The van der Waals surface area contributed by atoms with Crippen molar-refractivity contribution in [2.24, 2.45) is 5.10 Å². The van der Waals surface area contributed by atoms with Gasteiger partial charge in [-0.3, -0.25) is 5.43 Å². The first-order valence-corrected chi connectivity index (χ1v) is 12.1. The third-order valence-corrected chi connectivity index (χ3v) is 5.65. The number of benzene rings is 3. The van der Waals surface area contributed by atoms with Crippen LogP contribution >= 0.6 is 12.2 Å². The van der Waals surface area contributed by atoms with Gasteiger partial charge in [-0.25, -0.2) is 9.67 Å². The zero-order chi connectivity index (χ0) is 27.3. The molecule has 0 unspecified atom stereocenters. The summed E-state index contributed by atoms with van der Waals surface area (Å²) in [6.45, 7) is 6.28. The van der Waals surface area contributed by atoms with E-state index in [1.54, 1.807) is 6.21 Å². The second-order valence-electron chi connectivity index (χ2n) is 8.75. The number of thiocarbonyl (C=S) groups is 1. The summed E-state index contributed by atoms with van der Waals surface area (Å²) in [6.07, 6.45) is -1.61. The van der Waals surface area contributed by atoms with Gasteiger partial charge in [0, 0.05) is 11.3 Å². The van der Waals surface area contributed by atoms with Crippen LogP contribution in [-0.2, 0) is 0 Å². The van der Waals surface area contributed by atoms with E-state index in [0.717, 1.165) is 22.4 Å². The number of aryl methyl sites for hydroxylation is 1. The summed E-state index contributed by atoms with van der Waals surface area (Å²) in [4.78, 5) is 4.29. The molecule has 0 aliphatic heterocycles. The minimum absolute atomic E-state index is 0.305. The lowest BCUT2D eigenvalue weighted by Gasteiger charge is -2.15. The molecule has 0 saturated heterocycles. The lowest BCUT2D eigenvalue weighted by molar-refractivity contribution is -0.274. The Morgan fingerprint density at radius 3 is 2.42 bits per heavy atom. The number of anilines is 1. The Balaban J connectivity index is 1.35. The van der Waals surface area contributed by atoms with Crippen LogP contribution in [0.1, 0.15) is 36.5 Å². The third kappa shape index (κ3) is 7.16. The van der Waals surface area contributed by atoms with Gasteiger partial charge < -0.3 is 10.1 Å². The van der Waals surface area contributed by atoms with Crippen LogP contribution in [0.3, 0.4) is 0 Å². The molecule has 0 aliphatic rings.